The molecule has 0 aliphatic carbocycles. The van der Waals surface area contributed by atoms with Gasteiger partial charge in [-0.2, -0.15) is 8.78 Å². The van der Waals surface area contributed by atoms with E-state index in [0.717, 1.165) is 42.0 Å². The highest BCUT2D eigenvalue weighted by Gasteiger charge is 2.30. The highest BCUT2D eigenvalue weighted by Crippen LogP contribution is 2.38. The molecule has 0 aromatic heterocycles. The van der Waals surface area contributed by atoms with Gasteiger partial charge < -0.3 is 19.1 Å². The van der Waals surface area contributed by atoms with Crippen LogP contribution in [-0.4, -0.2) is 56.7 Å². The minimum absolute atomic E-state index is 0.0123. The molecule has 1 saturated heterocycles. The summed E-state index contributed by atoms with van der Waals surface area (Å²) in [5.74, 6) is 1.62. The molecular formula is C23H28F2N2O4. The predicted octanol–water partition coefficient (Wildman–Crippen LogP) is 4.10. The number of nitrogens with zero attached hydrogens (tertiary/aromatic N) is 2. The lowest BCUT2D eigenvalue weighted by Crippen LogP contribution is -2.37. The first-order valence-corrected chi connectivity index (χ1v) is 10.1. The highest BCUT2D eigenvalue weighted by atomic mass is 19.3. The van der Waals surface area contributed by atoms with Crippen LogP contribution in [0.1, 0.15) is 30.0 Å². The molecule has 3 rings (SSSR count). The van der Waals surface area contributed by atoms with Crippen molar-refractivity contribution in [1.29, 1.82) is 0 Å². The van der Waals surface area contributed by atoms with Crippen molar-refractivity contribution in [2.24, 2.45) is 0 Å². The molecule has 0 bridgehead atoms. The number of benzene rings is 2. The summed E-state index contributed by atoms with van der Waals surface area (Å²) >= 11 is 0. The second kappa shape index (κ2) is 10.4. The Morgan fingerprint density at radius 2 is 1.84 bits per heavy atom. The van der Waals surface area contributed by atoms with Gasteiger partial charge in [-0.1, -0.05) is 12.1 Å². The Morgan fingerprint density at radius 3 is 2.48 bits per heavy atom. The van der Waals surface area contributed by atoms with Crippen LogP contribution in [0.3, 0.4) is 0 Å². The predicted molar refractivity (Wildman–Crippen MR) is 113 cm³/mol. The van der Waals surface area contributed by atoms with Crippen molar-refractivity contribution in [2.75, 3.05) is 34.4 Å². The van der Waals surface area contributed by atoms with Gasteiger partial charge in [-0.15, -0.1) is 0 Å². The van der Waals surface area contributed by atoms with Crippen LogP contribution in [0.15, 0.2) is 42.5 Å². The molecule has 1 amide bonds. The zero-order valence-electron chi connectivity index (χ0n) is 18.0. The molecule has 6 nitrogen and oxygen atoms in total. The molecule has 0 spiro atoms. The summed E-state index contributed by atoms with van der Waals surface area (Å²) in [6.45, 7) is -1.36. The second-order valence-electron chi connectivity index (χ2n) is 7.51. The van der Waals surface area contributed by atoms with E-state index in [-0.39, 0.29) is 24.2 Å². The topological polar surface area (TPSA) is 51.2 Å². The standard InChI is InChI=1S/C23H28F2N2O4/c1-26(14-16-6-8-17(9-7-16)31-23(24)25)22(28)15-27-12-4-5-20(27)19-13-18(29-2)10-11-21(19)30-3/h6-11,13,20,23H,4-5,12,14-15H2,1-3H3. The van der Waals surface area contributed by atoms with Gasteiger partial charge in [0.25, 0.3) is 0 Å². The third kappa shape index (κ3) is 5.85. The number of likely N-dealkylation sites (N-methyl/N-ethyl adjacent to an activating group) is 1. The third-order valence-electron chi connectivity index (χ3n) is 5.49. The van der Waals surface area contributed by atoms with Crippen LogP contribution >= 0.6 is 0 Å². The van der Waals surface area contributed by atoms with Crippen molar-refractivity contribution in [3.63, 3.8) is 0 Å². The van der Waals surface area contributed by atoms with Crippen molar-refractivity contribution >= 4 is 5.91 Å². The van der Waals surface area contributed by atoms with Crippen LogP contribution in [0, 0.1) is 0 Å². The van der Waals surface area contributed by atoms with Crippen LogP contribution in [0.25, 0.3) is 0 Å². The molecule has 0 saturated carbocycles. The molecule has 1 aliphatic heterocycles. The number of alkyl halides is 2. The number of halogens is 2. The zero-order valence-corrected chi connectivity index (χ0v) is 18.0. The number of methoxy groups -OCH3 is 2. The van der Waals surface area contributed by atoms with Crippen molar-refractivity contribution in [3.05, 3.63) is 53.6 Å². The van der Waals surface area contributed by atoms with Crippen LogP contribution in [0.5, 0.6) is 17.2 Å². The lowest BCUT2D eigenvalue weighted by atomic mass is 10.0. The van der Waals surface area contributed by atoms with Crippen LogP contribution in [-0.2, 0) is 11.3 Å². The molecule has 1 atom stereocenters. The molecule has 2 aromatic rings. The maximum Gasteiger partial charge on any atom is 0.387 e. The number of likely N-dealkylation sites (tertiary alicyclic amines) is 1. The Bertz CT molecular complexity index is 876. The van der Waals surface area contributed by atoms with E-state index in [4.69, 9.17) is 9.47 Å². The van der Waals surface area contributed by atoms with E-state index in [1.165, 1.54) is 12.1 Å². The van der Waals surface area contributed by atoms with Crippen molar-refractivity contribution in [1.82, 2.24) is 9.80 Å². The van der Waals surface area contributed by atoms with E-state index in [1.807, 2.05) is 18.2 Å². The molecule has 8 heteroatoms. The lowest BCUT2D eigenvalue weighted by molar-refractivity contribution is -0.131. The molecular weight excluding hydrogens is 406 g/mol. The lowest BCUT2D eigenvalue weighted by Gasteiger charge is -2.28. The molecule has 2 aromatic carbocycles. The number of carbonyl (C=O) groups excluding carboxylic acids is 1. The first kappa shape index (κ1) is 22.8. The van der Waals surface area contributed by atoms with Gasteiger partial charge >= 0.3 is 6.61 Å². The van der Waals surface area contributed by atoms with Gasteiger partial charge in [0.05, 0.1) is 20.8 Å². The fourth-order valence-corrected chi connectivity index (χ4v) is 3.90. The van der Waals surface area contributed by atoms with Crippen LogP contribution < -0.4 is 14.2 Å². The monoisotopic (exact) mass is 434 g/mol. The van der Waals surface area contributed by atoms with Gasteiger partial charge in [0.2, 0.25) is 5.91 Å². The van der Waals surface area contributed by atoms with Gasteiger partial charge in [-0.25, -0.2) is 0 Å². The van der Waals surface area contributed by atoms with E-state index in [9.17, 15) is 13.6 Å². The summed E-state index contributed by atoms with van der Waals surface area (Å²) in [5, 5.41) is 0. The van der Waals surface area contributed by atoms with Crippen LogP contribution in [0.4, 0.5) is 8.78 Å². The fourth-order valence-electron chi connectivity index (χ4n) is 3.90. The van der Waals surface area contributed by atoms with E-state index in [1.54, 1.807) is 38.3 Å². The highest BCUT2D eigenvalue weighted by molar-refractivity contribution is 5.78. The molecule has 1 heterocycles. The average Bonchev–Trinajstić information content (AvgIpc) is 3.22. The molecule has 0 N–H and O–H groups in total. The molecule has 0 radical (unpaired) electrons. The maximum absolute atomic E-state index is 12.9. The smallest absolute Gasteiger partial charge is 0.387 e. The number of rotatable bonds is 9. The van der Waals surface area contributed by atoms with Gasteiger partial charge in [0.15, 0.2) is 0 Å². The summed E-state index contributed by atoms with van der Waals surface area (Å²) in [4.78, 5) is 16.7. The van der Waals surface area contributed by atoms with E-state index >= 15 is 0 Å². The van der Waals surface area contributed by atoms with Crippen molar-refractivity contribution in [3.8, 4) is 17.2 Å². The Labute approximate surface area is 181 Å². The van der Waals surface area contributed by atoms with Crippen LogP contribution in [0.2, 0.25) is 0 Å². The minimum atomic E-state index is -2.85. The summed E-state index contributed by atoms with van der Waals surface area (Å²) in [7, 11) is 5.01. The first-order chi connectivity index (χ1) is 14.9. The Kier molecular flexibility index (Phi) is 7.68. The maximum atomic E-state index is 12.9. The Morgan fingerprint density at radius 1 is 1.13 bits per heavy atom. The number of carbonyl (C=O) groups is 1. The molecule has 31 heavy (non-hydrogen) atoms. The van der Waals surface area contributed by atoms with Gasteiger partial charge in [0.1, 0.15) is 17.2 Å². The van der Waals surface area contributed by atoms with Gasteiger partial charge in [0, 0.05) is 25.2 Å². The van der Waals surface area contributed by atoms with E-state index in [0.29, 0.717) is 6.54 Å². The minimum Gasteiger partial charge on any atom is -0.497 e. The molecule has 1 unspecified atom stereocenters. The summed E-state index contributed by atoms with van der Waals surface area (Å²) < 4.78 is 39.8. The van der Waals surface area contributed by atoms with Crippen molar-refractivity contribution < 1.29 is 27.8 Å². The summed E-state index contributed by atoms with van der Waals surface area (Å²) in [6, 6.07) is 12.1. The van der Waals surface area contributed by atoms with Gasteiger partial charge in [-0.05, 0) is 55.3 Å². The van der Waals surface area contributed by atoms with E-state index in [2.05, 4.69) is 9.64 Å². The fraction of sp³-hybridized carbons (Fsp3) is 0.435. The second-order valence-corrected chi connectivity index (χ2v) is 7.51. The molecule has 168 valence electrons. The third-order valence-corrected chi connectivity index (χ3v) is 5.49. The average molecular weight is 434 g/mol. The van der Waals surface area contributed by atoms with E-state index < -0.39 is 6.61 Å². The SMILES string of the molecule is COc1ccc(OC)c(C2CCCN2CC(=O)N(C)Cc2ccc(OC(F)F)cc2)c1. The quantitative estimate of drug-likeness (QED) is 0.595. The number of hydrogen-bond acceptors (Lipinski definition) is 5. The first-order valence-electron chi connectivity index (χ1n) is 10.1. The normalized spacial score (nSPS) is 16.4. The number of amides is 1. The summed E-state index contributed by atoms with van der Waals surface area (Å²) in [6.07, 6.45) is 1.93. The largest absolute Gasteiger partial charge is 0.497 e. The molecule has 1 fully saturated rings. The molecule has 1 aliphatic rings. The Hall–Kier alpha value is -2.87. The number of hydrogen-bond donors (Lipinski definition) is 0. The zero-order chi connectivity index (χ0) is 22.4. The summed E-state index contributed by atoms with van der Waals surface area (Å²) in [5.41, 5.74) is 1.86. The van der Waals surface area contributed by atoms with Gasteiger partial charge in [-0.3, -0.25) is 9.69 Å². The van der Waals surface area contributed by atoms with Crippen molar-refractivity contribution in [2.45, 2.75) is 32.0 Å². The Balaban J connectivity index is 1.64. The number of ether oxygens (including phenoxy) is 3.